The number of pyridine rings is 2. The van der Waals surface area contributed by atoms with Gasteiger partial charge in [0, 0.05) is 23.3 Å². The third kappa shape index (κ3) is 3.28. The van der Waals surface area contributed by atoms with Gasteiger partial charge in [-0.3, -0.25) is 14.4 Å². The van der Waals surface area contributed by atoms with Crippen LogP contribution in [0.4, 0.5) is 13.2 Å². The molecule has 0 amide bonds. The fourth-order valence-electron chi connectivity index (χ4n) is 4.19. The summed E-state index contributed by atoms with van der Waals surface area (Å²) in [6.07, 6.45) is -3.59. The van der Waals surface area contributed by atoms with E-state index in [9.17, 15) is 27.6 Å². The van der Waals surface area contributed by atoms with Gasteiger partial charge in [0.2, 0.25) is 5.88 Å². The van der Waals surface area contributed by atoms with E-state index >= 15 is 0 Å². The summed E-state index contributed by atoms with van der Waals surface area (Å²) in [5.74, 6) is -4.74. The van der Waals surface area contributed by atoms with Crippen molar-refractivity contribution in [1.29, 1.82) is 0 Å². The summed E-state index contributed by atoms with van der Waals surface area (Å²) in [6, 6.07) is 3.89. The zero-order valence-corrected chi connectivity index (χ0v) is 15.5. The number of fused-ring (bicyclic) bond motifs is 3. The van der Waals surface area contributed by atoms with E-state index in [1.807, 2.05) is 0 Å². The molecule has 2 saturated carbocycles. The lowest BCUT2D eigenvalue weighted by Crippen LogP contribution is -2.42. The number of alkyl halides is 3. The minimum atomic E-state index is -4.96. The van der Waals surface area contributed by atoms with Gasteiger partial charge in [0.15, 0.2) is 28.7 Å². The van der Waals surface area contributed by atoms with Crippen LogP contribution in [0.25, 0.3) is 11.0 Å². The van der Waals surface area contributed by atoms with Crippen LogP contribution in [0.2, 0.25) is 0 Å². The van der Waals surface area contributed by atoms with Crippen molar-refractivity contribution in [2.45, 2.75) is 32.4 Å². The highest BCUT2D eigenvalue weighted by Gasteiger charge is 2.51. The van der Waals surface area contributed by atoms with Crippen LogP contribution in [0.5, 0.6) is 5.88 Å². The van der Waals surface area contributed by atoms with Crippen molar-refractivity contribution in [3.05, 3.63) is 29.5 Å². The zero-order valence-electron chi connectivity index (χ0n) is 15.5. The quantitative estimate of drug-likeness (QED) is 0.571. The molecule has 2 atom stereocenters. The molecule has 2 aliphatic carbocycles. The first-order valence-electron chi connectivity index (χ1n) is 9.34. The summed E-state index contributed by atoms with van der Waals surface area (Å²) in [5.41, 5.74) is -2.46. The molecule has 0 radical (unpaired) electrons. The highest BCUT2D eigenvalue weighted by atomic mass is 19.4. The molecule has 2 aromatic heterocycles. The maximum Gasteiger partial charge on any atom is 0.434 e. The van der Waals surface area contributed by atoms with E-state index in [1.165, 1.54) is 12.1 Å². The van der Waals surface area contributed by atoms with Gasteiger partial charge < -0.3 is 4.74 Å². The van der Waals surface area contributed by atoms with Crippen molar-refractivity contribution < 1.29 is 32.3 Å². The van der Waals surface area contributed by atoms with Crippen molar-refractivity contribution >= 4 is 28.4 Å². The summed E-state index contributed by atoms with van der Waals surface area (Å²) < 4.78 is 46.2. The SMILES string of the molecule is CCOc1ccc2cc(C(=O)C3C(=O)C4CCC(C4)C3=O)c(C(F)(F)F)nc2n1. The molecule has 6 nitrogen and oxygen atoms in total. The fourth-order valence-corrected chi connectivity index (χ4v) is 4.19. The Morgan fingerprint density at radius 2 is 1.79 bits per heavy atom. The highest BCUT2D eigenvalue weighted by molar-refractivity contribution is 6.27. The molecule has 2 aliphatic rings. The highest BCUT2D eigenvalue weighted by Crippen LogP contribution is 2.42. The number of aromatic nitrogens is 2. The monoisotopic (exact) mass is 406 g/mol. The van der Waals surface area contributed by atoms with Crippen LogP contribution in [0.15, 0.2) is 18.2 Å². The van der Waals surface area contributed by atoms with Crippen LogP contribution in [-0.2, 0) is 15.8 Å². The molecule has 4 rings (SSSR count). The first kappa shape index (κ1) is 19.5. The Hall–Kier alpha value is -2.84. The van der Waals surface area contributed by atoms with Crippen LogP contribution in [0.1, 0.15) is 42.2 Å². The van der Waals surface area contributed by atoms with Crippen molar-refractivity contribution in [1.82, 2.24) is 9.97 Å². The Kier molecular flexibility index (Phi) is 4.63. The average molecular weight is 406 g/mol. The molecule has 152 valence electrons. The molecule has 2 aromatic rings. The molecule has 0 saturated heterocycles. The van der Waals surface area contributed by atoms with E-state index in [-0.39, 0.29) is 23.5 Å². The van der Waals surface area contributed by atoms with Gasteiger partial charge in [0.25, 0.3) is 0 Å². The summed E-state index contributed by atoms with van der Waals surface area (Å²) >= 11 is 0. The Bertz CT molecular complexity index is 1010. The Balaban J connectivity index is 1.83. The predicted octanol–water partition coefficient (Wildman–Crippen LogP) is 3.41. The number of ether oxygens (including phenoxy) is 1. The molecule has 2 bridgehead atoms. The van der Waals surface area contributed by atoms with Crippen LogP contribution in [0.3, 0.4) is 0 Å². The smallest absolute Gasteiger partial charge is 0.434 e. The minimum absolute atomic E-state index is 0.105. The van der Waals surface area contributed by atoms with Crippen molar-refractivity contribution in [3.63, 3.8) is 0 Å². The van der Waals surface area contributed by atoms with E-state index in [2.05, 4.69) is 9.97 Å². The number of rotatable bonds is 4. The molecule has 0 N–H and O–H groups in total. The predicted molar refractivity (Wildman–Crippen MR) is 94.4 cm³/mol. The molecule has 2 fully saturated rings. The molecular weight excluding hydrogens is 389 g/mol. The van der Waals surface area contributed by atoms with Gasteiger partial charge >= 0.3 is 6.18 Å². The second-order valence-corrected chi connectivity index (χ2v) is 7.32. The van der Waals surface area contributed by atoms with E-state index in [4.69, 9.17) is 4.74 Å². The summed E-state index contributed by atoms with van der Waals surface area (Å²) in [6.45, 7) is 1.98. The van der Waals surface area contributed by atoms with Crippen LogP contribution in [0, 0.1) is 17.8 Å². The number of carbonyl (C=O) groups is 3. The van der Waals surface area contributed by atoms with E-state index in [1.54, 1.807) is 6.92 Å². The van der Waals surface area contributed by atoms with Gasteiger partial charge in [-0.1, -0.05) is 0 Å². The molecule has 0 aromatic carbocycles. The second kappa shape index (κ2) is 6.89. The van der Waals surface area contributed by atoms with E-state index in [0.29, 0.717) is 19.3 Å². The summed E-state index contributed by atoms with van der Waals surface area (Å²) in [7, 11) is 0. The molecular formula is C20H17F3N2O4. The van der Waals surface area contributed by atoms with Gasteiger partial charge in [-0.15, -0.1) is 0 Å². The van der Waals surface area contributed by atoms with E-state index < -0.39 is 52.5 Å². The van der Waals surface area contributed by atoms with Crippen LogP contribution < -0.4 is 4.74 Å². The third-order valence-corrected chi connectivity index (χ3v) is 5.55. The van der Waals surface area contributed by atoms with E-state index in [0.717, 1.165) is 6.07 Å². The normalized spacial score (nSPS) is 24.2. The maximum absolute atomic E-state index is 13.7. The topological polar surface area (TPSA) is 86.2 Å². The number of nitrogens with zero attached hydrogens (tertiary/aromatic N) is 2. The van der Waals surface area contributed by atoms with Crippen molar-refractivity contribution in [3.8, 4) is 5.88 Å². The Labute approximate surface area is 163 Å². The Morgan fingerprint density at radius 1 is 1.14 bits per heavy atom. The lowest BCUT2D eigenvalue weighted by molar-refractivity contribution is -0.142. The van der Waals surface area contributed by atoms with Gasteiger partial charge in [0.05, 0.1) is 12.2 Å². The number of hydrogen-bond donors (Lipinski definition) is 0. The third-order valence-electron chi connectivity index (χ3n) is 5.55. The first-order chi connectivity index (χ1) is 13.7. The largest absolute Gasteiger partial charge is 0.478 e. The number of carbonyl (C=O) groups excluding carboxylic acids is 3. The second-order valence-electron chi connectivity index (χ2n) is 7.32. The number of hydrogen-bond acceptors (Lipinski definition) is 6. The van der Waals surface area contributed by atoms with Gasteiger partial charge in [-0.2, -0.15) is 18.2 Å². The number of Topliss-reactive ketones (excluding diaryl/α,β-unsaturated/α-hetero) is 3. The lowest BCUT2D eigenvalue weighted by atomic mass is 9.75. The molecule has 29 heavy (non-hydrogen) atoms. The average Bonchev–Trinajstić information content (AvgIpc) is 3.12. The Morgan fingerprint density at radius 3 is 2.38 bits per heavy atom. The standard InChI is InChI=1S/C20H17F3N2O4/c1-2-29-13-6-5-11-8-12(18(20(21,22)23)25-19(11)24-13)17(28)14-15(26)9-3-4-10(7-9)16(14)27/h5-6,8-10,14H,2-4,7H2,1H3. The van der Waals surface area contributed by atoms with Gasteiger partial charge in [-0.05, 0) is 38.3 Å². The zero-order chi connectivity index (χ0) is 20.9. The molecule has 0 aliphatic heterocycles. The lowest BCUT2D eigenvalue weighted by Gasteiger charge is -2.25. The van der Waals surface area contributed by atoms with Crippen molar-refractivity contribution in [2.24, 2.45) is 17.8 Å². The van der Waals surface area contributed by atoms with Crippen molar-refractivity contribution in [2.75, 3.05) is 6.61 Å². The first-order valence-corrected chi connectivity index (χ1v) is 9.34. The van der Waals surface area contributed by atoms with Gasteiger partial charge in [0.1, 0.15) is 5.92 Å². The van der Waals surface area contributed by atoms with Gasteiger partial charge in [-0.25, -0.2) is 4.98 Å². The number of halogens is 3. The minimum Gasteiger partial charge on any atom is -0.478 e. The summed E-state index contributed by atoms with van der Waals surface area (Å²) in [4.78, 5) is 45.6. The molecule has 9 heteroatoms. The number of ketones is 3. The van der Waals surface area contributed by atoms with Crippen LogP contribution in [-0.4, -0.2) is 33.9 Å². The maximum atomic E-state index is 13.7. The molecule has 2 unspecified atom stereocenters. The fraction of sp³-hybridized carbons (Fsp3) is 0.450. The molecule has 0 spiro atoms. The van der Waals surface area contributed by atoms with Crippen LogP contribution >= 0.6 is 0 Å². The summed E-state index contributed by atoms with van der Waals surface area (Å²) in [5, 5.41) is 0.184. The molecule has 2 heterocycles.